The van der Waals surface area contributed by atoms with Crippen LogP contribution in [0.4, 0.5) is 10.5 Å². The number of nitrogens with one attached hydrogen (secondary N) is 1. The van der Waals surface area contributed by atoms with Gasteiger partial charge in [0.15, 0.2) is 0 Å². The van der Waals surface area contributed by atoms with Crippen molar-refractivity contribution >= 4 is 35.1 Å². The Kier molecular flexibility index (Phi) is 6.27. The van der Waals surface area contributed by atoms with Gasteiger partial charge in [0.2, 0.25) is 0 Å². The summed E-state index contributed by atoms with van der Waals surface area (Å²) < 4.78 is 5.79. The Bertz CT molecular complexity index is 799. The van der Waals surface area contributed by atoms with Crippen molar-refractivity contribution in [3.8, 4) is 0 Å². The number of carbonyl (C=O) groups excluding carboxylic acids is 1. The molecule has 1 heterocycles. The van der Waals surface area contributed by atoms with Crippen LogP contribution in [0.1, 0.15) is 24.2 Å². The molecule has 4 rings (SSSR count). The van der Waals surface area contributed by atoms with E-state index < -0.39 is 6.03 Å². The Morgan fingerprint density at radius 1 is 0.958 bits per heavy atom. The van der Waals surface area contributed by atoms with Gasteiger partial charge in [-0.3, -0.25) is 0 Å². The number of anilines is 1. The van der Waals surface area contributed by atoms with Crippen LogP contribution in [-0.2, 0) is 12.8 Å². The number of amides is 2. The molecule has 0 radical (unpaired) electrons. The fourth-order valence-corrected chi connectivity index (χ4v) is 2.88. The van der Waals surface area contributed by atoms with Crippen molar-refractivity contribution < 1.29 is 9.21 Å². The highest BCUT2D eigenvalue weighted by molar-refractivity contribution is 5.87. The lowest BCUT2D eigenvalue weighted by Crippen LogP contribution is -2.18. The number of hydrogen-bond acceptors (Lipinski definition) is 2. The van der Waals surface area contributed by atoms with E-state index in [0.29, 0.717) is 0 Å². The first-order valence-electron chi connectivity index (χ1n) is 7.85. The van der Waals surface area contributed by atoms with Gasteiger partial charge in [0.1, 0.15) is 11.3 Å². The molecule has 24 heavy (non-hydrogen) atoms. The van der Waals surface area contributed by atoms with Gasteiger partial charge in [-0.05, 0) is 37.5 Å². The predicted molar refractivity (Wildman–Crippen MR) is 99.8 cm³/mol. The molecule has 0 unspecified atom stereocenters. The highest BCUT2D eigenvalue weighted by Gasteiger charge is 2.16. The molecule has 0 spiro atoms. The molecule has 1 aliphatic rings. The Balaban J connectivity index is 0.000000173. The first-order chi connectivity index (χ1) is 11.2. The van der Waals surface area contributed by atoms with Crippen LogP contribution in [0.15, 0.2) is 59.0 Å². The molecule has 0 bridgehead atoms. The monoisotopic (exact) mass is 344 g/mol. The van der Waals surface area contributed by atoms with E-state index in [9.17, 15) is 4.79 Å². The summed E-state index contributed by atoms with van der Waals surface area (Å²) in [4.78, 5) is 10.3. The number of nitrogens with two attached hydrogens (primary N) is 1. The van der Waals surface area contributed by atoms with Gasteiger partial charge in [-0.1, -0.05) is 36.4 Å². The Morgan fingerprint density at radius 3 is 2.38 bits per heavy atom. The summed E-state index contributed by atoms with van der Waals surface area (Å²) in [5.74, 6) is 1.23. The number of primary amides is 1. The van der Waals surface area contributed by atoms with Gasteiger partial charge in [-0.25, -0.2) is 4.79 Å². The largest absolute Gasteiger partial charge is 0.461 e. The SMILES string of the molecule is Cl.NC(=O)Nc1ccccc1.c1ccc2c3c(oc2c1)CCCC3. The normalized spacial score (nSPS) is 12.3. The lowest BCUT2D eigenvalue weighted by Gasteiger charge is -2.08. The number of para-hydroxylation sites is 2. The van der Waals surface area contributed by atoms with E-state index in [1.54, 1.807) is 12.1 Å². The van der Waals surface area contributed by atoms with E-state index in [-0.39, 0.29) is 12.4 Å². The Hall–Kier alpha value is -2.46. The van der Waals surface area contributed by atoms with E-state index >= 15 is 0 Å². The second-order valence-electron chi connectivity index (χ2n) is 5.56. The lowest BCUT2D eigenvalue weighted by molar-refractivity contribution is 0.259. The van der Waals surface area contributed by atoms with Crippen LogP contribution in [0.25, 0.3) is 11.0 Å². The zero-order valence-corrected chi connectivity index (χ0v) is 14.1. The van der Waals surface area contributed by atoms with Crippen molar-refractivity contribution in [2.45, 2.75) is 25.7 Å². The number of fused-ring (bicyclic) bond motifs is 3. The van der Waals surface area contributed by atoms with Crippen LogP contribution < -0.4 is 11.1 Å². The summed E-state index contributed by atoms with van der Waals surface area (Å²) >= 11 is 0. The number of carbonyl (C=O) groups is 1. The summed E-state index contributed by atoms with van der Waals surface area (Å²) in [6.45, 7) is 0. The van der Waals surface area contributed by atoms with E-state index in [4.69, 9.17) is 10.2 Å². The molecule has 0 atom stereocenters. The van der Waals surface area contributed by atoms with Gasteiger partial charge in [-0.2, -0.15) is 0 Å². The molecule has 3 N–H and O–H groups in total. The molecular formula is C19H21ClN2O2. The number of furan rings is 1. The van der Waals surface area contributed by atoms with Crippen LogP contribution in [0.2, 0.25) is 0 Å². The summed E-state index contributed by atoms with van der Waals surface area (Å²) in [7, 11) is 0. The molecule has 126 valence electrons. The summed E-state index contributed by atoms with van der Waals surface area (Å²) in [6, 6.07) is 16.9. The van der Waals surface area contributed by atoms with Crippen LogP contribution in [0.3, 0.4) is 0 Å². The Morgan fingerprint density at radius 2 is 1.62 bits per heavy atom. The predicted octanol–water partition coefficient (Wildman–Crippen LogP) is 4.91. The molecule has 5 heteroatoms. The van der Waals surface area contributed by atoms with Crippen molar-refractivity contribution in [3.63, 3.8) is 0 Å². The number of hydrogen-bond donors (Lipinski definition) is 2. The zero-order valence-electron chi connectivity index (χ0n) is 13.3. The minimum Gasteiger partial charge on any atom is -0.461 e. The standard InChI is InChI=1S/C12H12O.C7H8N2O.ClH/c1-3-7-11-9(5-1)10-6-2-4-8-12(10)13-11;8-7(10)9-6-4-2-1-3-5-6;/h1,3,5,7H,2,4,6,8H2;1-5H,(H3,8,9,10);1H. The van der Waals surface area contributed by atoms with Crippen molar-refractivity contribution in [1.82, 2.24) is 0 Å². The zero-order chi connectivity index (χ0) is 16.1. The van der Waals surface area contributed by atoms with Gasteiger partial charge in [-0.15, -0.1) is 12.4 Å². The maximum absolute atomic E-state index is 10.3. The number of aryl methyl sites for hydroxylation is 2. The molecule has 0 saturated carbocycles. The minimum atomic E-state index is -0.536. The van der Waals surface area contributed by atoms with Gasteiger partial charge >= 0.3 is 6.03 Å². The number of halogens is 1. The van der Waals surface area contributed by atoms with Crippen LogP contribution in [-0.4, -0.2) is 6.03 Å². The van der Waals surface area contributed by atoms with Crippen molar-refractivity contribution in [1.29, 1.82) is 0 Å². The summed E-state index contributed by atoms with van der Waals surface area (Å²) in [6.07, 6.45) is 4.93. The van der Waals surface area contributed by atoms with E-state index in [1.165, 1.54) is 36.0 Å². The lowest BCUT2D eigenvalue weighted by atomic mass is 9.96. The second kappa shape index (κ2) is 8.41. The van der Waals surface area contributed by atoms with Gasteiger partial charge in [0.25, 0.3) is 0 Å². The van der Waals surface area contributed by atoms with Gasteiger partial charge in [0, 0.05) is 23.1 Å². The molecule has 4 nitrogen and oxygen atoms in total. The molecule has 1 aromatic heterocycles. The van der Waals surface area contributed by atoms with Crippen molar-refractivity contribution in [2.24, 2.45) is 5.73 Å². The highest BCUT2D eigenvalue weighted by Crippen LogP contribution is 2.31. The smallest absolute Gasteiger partial charge is 0.316 e. The van der Waals surface area contributed by atoms with Gasteiger partial charge in [0.05, 0.1) is 0 Å². The first kappa shape index (κ1) is 17.9. The summed E-state index contributed by atoms with van der Waals surface area (Å²) in [5.41, 5.74) is 8.12. The van der Waals surface area contributed by atoms with Crippen LogP contribution in [0, 0.1) is 0 Å². The number of benzene rings is 2. The molecule has 0 aliphatic heterocycles. The van der Waals surface area contributed by atoms with Crippen LogP contribution >= 0.6 is 12.4 Å². The first-order valence-corrected chi connectivity index (χ1v) is 7.85. The molecule has 0 fully saturated rings. The maximum atomic E-state index is 10.3. The fourth-order valence-electron chi connectivity index (χ4n) is 2.88. The molecule has 3 aromatic rings. The molecule has 1 aliphatic carbocycles. The molecule has 2 amide bonds. The molecule has 2 aromatic carbocycles. The fraction of sp³-hybridized carbons (Fsp3) is 0.211. The number of rotatable bonds is 1. The minimum absolute atomic E-state index is 0. The third-order valence-corrected chi connectivity index (χ3v) is 3.90. The Labute approximate surface area is 147 Å². The van der Waals surface area contributed by atoms with Crippen LogP contribution in [0.5, 0.6) is 0 Å². The summed E-state index contributed by atoms with van der Waals surface area (Å²) in [5, 5.41) is 3.77. The highest BCUT2D eigenvalue weighted by atomic mass is 35.5. The second-order valence-corrected chi connectivity index (χ2v) is 5.56. The van der Waals surface area contributed by atoms with Crippen molar-refractivity contribution in [3.05, 3.63) is 65.9 Å². The maximum Gasteiger partial charge on any atom is 0.316 e. The quantitative estimate of drug-likeness (QED) is 0.658. The number of urea groups is 1. The molecular weight excluding hydrogens is 324 g/mol. The van der Waals surface area contributed by atoms with Gasteiger partial charge < -0.3 is 15.5 Å². The third-order valence-electron chi connectivity index (χ3n) is 3.90. The van der Waals surface area contributed by atoms with E-state index in [1.807, 2.05) is 24.3 Å². The third kappa shape index (κ3) is 4.30. The van der Waals surface area contributed by atoms with Crippen molar-refractivity contribution in [2.75, 3.05) is 5.32 Å². The van der Waals surface area contributed by atoms with E-state index in [0.717, 1.165) is 17.7 Å². The molecule has 0 saturated heterocycles. The van der Waals surface area contributed by atoms with E-state index in [2.05, 4.69) is 23.5 Å². The average Bonchev–Trinajstić information content (AvgIpc) is 2.94. The topological polar surface area (TPSA) is 68.3 Å². The average molecular weight is 345 g/mol.